The first-order valence-electron chi connectivity index (χ1n) is 11.4. The summed E-state index contributed by atoms with van der Waals surface area (Å²) in [6.45, 7) is 0.255. The number of hydrogen-bond acceptors (Lipinski definition) is 6. The maximum Gasteiger partial charge on any atom is 0.299 e. The van der Waals surface area contributed by atoms with Crippen LogP contribution in [-0.2, 0) is 6.54 Å². The summed E-state index contributed by atoms with van der Waals surface area (Å²) in [5.74, 6) is 1.10. The molecule has 2 heterocycles. The lowest BCUT2D eigenvalue weighted by Gasteiger charge is -2.15. The number of nitrogens with one attached hydrogen (secondary N) is 2. The third-order valence-electron chi connectivity index (χ3n) is 5.39. The number of para-hydroxylation sites is 2. The summed E-state index contributed by atoms with van der Waals surface area (Å²) in [5, 5.41) is 10.6. The Hall–Kier alpha value is -4.82. The topological polar surface area (TPSA) is 98.4 Å². The zero-order valence-electron chi connectivity index (χ0n) is 19.4. The Kier molecular flexibility index (Phi) is 7.00. The number of halogens is 1. The van der Waals surface area contributed by atoms with Crippen molar-refractivity contribution in [3.05, 3.63) is 130 Å². The normalized spacial score (nSPS) is 10.6. The Balaban J connectivity index is 1.48. The molecule has 9 heteroatoms. The van der Waals surface area contributed by atoms with E-state index in [1.165, 1.54) is 10.9 Å². The van der Waals surface area contributed by atoms with E-state index in [4.69, 9.17) is 20.8 Å². The van der Waals surface area contributed by atoms with E-state index in [9.17, 15) is 9.59 Å². The summed E-state index contributed by atoms with van der Waals surface area (Å²) in [5.41, 5.74) is 0.996. The van der Waals surface area contributed by atoms with Gasteiger partial charge in [0.2, 0.25) is 0 Å². The van der Waals surface area contributed by atoms with Gasteiger partial charge >= 0.3 is 0 Å². The Morgan fingerprint density at radius 2 is 1.78 bits per heavy atom. The molecule has 2 N–H and O–H groups in total. The monoisotopic (exact) mass is 512 g/mol. The first-order valence-corrected chi connectivity index (χ1v) is 11.7. The number of carbonyl (C=O) groups excluding carboxylic acids is 1. The van der Waals surface area contributed by atoms with Gasteiger partial charge < -0.3 is 19.8 Å². The fourth-order valence-electron chi connectivity index (χ4n) is 3.61. The van der Waals surface area contributed by atoms with Gasteiger partial charge in [-0.15, -0.1) is 0 Å². The highest BCUT2D eigenvalue weighted by atomic mass is 35.5. The van der Waals surface area contributed by atoms with Crippen molar-refractivity contribution in [1.82, 2.24) is 15.1 Å². The molecule has 0 saturated heterocycles. The van der Waals surface area contributed by atoms with Crippen LogP contribution in [0.3, 0.4) is 0 Å². The molecule has 8 nitrogen and oxygen atoms in total. The van der Waals surface area contributed by atoms with E-state index in [0.29, 0.717) is 33.5 Å². The first kappa shape index (κ1) is 23.9. The smallest absolute Gasteiger partial charge is 0.299 e. The van der Waals surface area contributed by atoms with Crippen molar-refractivity contribution >= 4 is 28.9 Å². The molecule has 1 amide bonds. The van der Waals surface area contributed by atoms with Gasteiger partial charge in [-0.3, -0.25) is 9.59 Å². The lowest BCUT2D eigenvalue weighted by molar-refractivity contribution is 0.0948. The second-order valence-electron chi connectivity index (χ2n) is 7.94. The number of ether oxygens (including phenoxy) is 1. The summed E-state index contributed by atoms with van der Waals surface area (Å²) in [6, 6.07) is 26.3. The van der Waals surface area contributed by atoms with Crippen molar-refractivity contribution in [3.8, 4) is 17.2 Å². The Bertz CT molecular complexity index is 1580. The summed E-state index contributed by atoms with van der Waals surface area (Å²) in [7, 11) is 0. The standard InChI is InChI=1S/C28H21ClN4O4/c29-23-13-4-5-14-24(23)33-28(35)26(25(18-31-33)37-21-10-2-1-3-11-21)32-20-9-6-8-19(16-20)27(34)30-17-22-12-7-15-36-22/h1-16,18,32H,17H2,(H,30,34). The lowest BCUT2D eigenvalue weighted by atomic mass is 10.2. The minimum atomic E-state index is -0.478. The number of benzene rings is 3. The molecule has 0 radical (unpaired) electrons. The molecule has 3 aromatic carbocycles. The van der Waals surface area contributed by atoms with E-state index in [1.54, 1.807) is 79.1 Å². The number of amides is 1. The number of carbonyl (C=O) groups is 1. The van der Waals surface area contributed by atoms with E-state index in [1.807, 2.05) is 18.2 Å². The molecule has 5 aromatic rings. The highest BCUT2D eigenvalue weighted by molar-refractivity contribution is 6.32. The van der Waals surface area contributed by atoms with Gasteiger partial charge in [-0.05, 0) is 54.6 Å². The summed E-state index contributed by atoms with van der Waals surface area (Å²) >= 11 is 6.33. The molecule has 2 aromatic heterocycles. The van der Waals surface area contributed by atoms with Crippen LogP contribution in [0, 0.1) is 0 Å². The third-order valence-corrected chi connectivity index (χ3v) is 5.71. The molecule has 0 atom stereocenters. The zero-order valence-corrected chi connectivity index (χ0v) is 20.2. The van der Waals surface area contributed by atoms with Crippen LogP contribution >= 0.6 is 11.6 Å². The predicted molar refractivity (Wildman–Crippen MR) is 141 cm³/mol. The van der Waals surface area contributed by atoms with Crippen LogP contribution in [0.2, 0.25) is 5.02 Å². The minimum absolute atomic E-state index is 0.131. The van der Waals surface area contributed by atoms with Crippen LogP contribution < -0.4 is 20.9 Å². The Morgan fingerprint density at radius 1 is 0.973 bits per heavy atom. The van der Waals surface area contributed by atoms with Gasteiger partial charge in [0.15, 0.2) is 11.4 Å². The molecular weight excluding hydrogens is 492 g/mol. The number of anilines is 2. The minimum Gasteiger partial charge on any atom is -0.467 e. The second kappa shape index (κ2) is 10.8. The van der Waals surface area contributed by atoms with Crippen molar-refractivity contribution in [2.45, 2.75) is 6.54 Å². The molecule has 0 saturated carbocycles. The molecule has 0 aliphatic rings. The number of rotatable bonds is 8. The van der Waals surface area contributed by atoms with Crippen LogP contribution in [-0.4, -0.2) is 15.7 Å². The highest BCUT2D eigenvalue weighted by Crippen LogP contribution is 2.29. The van der Waals surface area contributed by atoms with Crippen LogP contribution in [0.25, 0.3) is 5.69 Å². The quantitative estimate of drug-likeness (QED) is 0.267. The maximum atomic E-state index is 13.6. The molecule has 0 spiro atoms. The molecule has 0 bridgehead atoms. The fraction of sp³-hybridized carbons (Fsp3) is 0.0357. The van der Waals surface area contributed by atoms with Gasteiger partial charge in [-0.25, -0.2) is 0 Å². The van der Waals surface area contributed by atoms with E-state index in [0.717, 1.165) is 0 Å². The Morgan fingerprint density at radius 3 is 2.57 bits per heavy atom. The van der Waals surface area contributed by atoms with Crippen molar-refractivity contribution in [2.75, 3.05) is 5.32 Å². The molecule has 37 heavy (non-hydrogen) atoms. The summed E-state index contributed by atoms with van der Waals surface area (Å²) < 4.78 is 12.4. The molecule has 184 valence electrons. The highest BCUT2D eigenvalue weighted by Gasteiger charge is 2.17. The van der Waals surface area contributed by atoms with Crippen LogP contribution in [0.15, 0.2) is 113 Å². The molecule has 0 aliphatic carbocycles. The zero-order chi connectivity index (χ0) is 25.6. The first-order chi connectivity index (χ1) is 18.1. The molecular formula is C28H21ClN4O4. The third kappa shape index (κ3) is 5.55. The van der Waals surface area contributed by atoms with Gasteiger partial charge in [0.05, 0.1) is 29.7 Å². The molecule has 0 unspecified atom stereocenters. The van der Waals surface area contributed by atoms with E-state index >= 15 is 0 Å². The average molecular weight is 513 g/mol. The van der Waals surface area contributed by atoms with Crippen molar-refractivity contribution in [3.63, 3.8) is 0 Å². The van der Waals surface area contributed by atoms with Crippen molar-refractivity contribution in [2.24, 2.45) is 0 Å². The van der Waals surface area contributed by atoms with Crippen LogP contribution in [0.1, 0.15) is 16.1 Å². The van der Waals surface area contributed by atoms with Gasteiger partial charge in [-0.1, -0.05) is 48.0 Å². The Labute approximate surface area is 217 Å². The van der Waals surface area contributed by atoms with E-state index in [-0.39, 0.29) is 23.9 Å². The van der Waals surface area contributed by atoms with Crippen molar-refractivity contribution < 1.29 is 13.9 Å². The molecule has 0 fully saturated rings. The fourth-order valence-corrected chi connectivity index (χ4v) is 3.82. The second-order valence-corrected chi connectivity index (χ2v) is 8.34. The van der Waals surface area contributed by atoms with Crippen LogP contribution in [0.5, 0.6) is 11.5 Å². The van der Waals surface area contributed by atoms with E-state index in [2.05, 4.69) is 15.7 Å². The molecule has 0 aliphatic heterocycles. The predicted octanol–water partition coefficient (Wildman–Crippen LogP) is 5.94. The van der Waals surface area contributed by atoms with Gasteiger partial charge in [0.25, 0.3) is 11.5 Å². The number of nitrogens with zero attached hydrogens (tertiary/aromatic N) is 2. The maximum absolute atomic E-state index is 13.6. The van der Waals surface area contributed by atoms with Crippen molar-refractivity contribution in [1.29, 1.82) is 0 Å². The lowest BCUT2D eigenvalue weighted by Crippen LogP contribution is -2.24. The van der Waals surface area contributed by atoms with Crippen LogP contribution in [0.4, 0.5) is 11.4 Å². The summed E-state index contributed by atoms with van der Waals surface area (Å²) in [4.78, 5) is 26.3. The number of aromatic nitrogens is 2. The number of furan rings is 1. The van der Waals surface area contributed by atoms with Gasteiger partial charge in [0.1, 0.15) is 11.5 Å². The number of hydrogen-bond donors (Lipinski definition) is 2. The summed E-state index contributed by atoms with van der Waals surface area (Å²) in [6.07, 6.45) is 2.99. The van der Waals surface area contributed by atoms with Gasteiger partial charge in [-0.2, -0.15) is 9.78 Å². The van der Waals surface area contributed by atoms with E-state index < -0.39 is 5.56 Å². The van der Waals surface area contributed by atoms with Gasteiger partial charge in [0, 0.05) is 11.3 Å². The molecule has 5 rings (SSSR count). The SMILES string of the molecule is O=C(NCc1ccco1)c1cccc(Nc2c(Oc3ccccc3)cnn(-c3ccccc3Cl)c2=O)c1. The largest absolute Gasteiger partial charge is 0.467 e. The average Bonchev–Trinajstić information content (AvgIpc) is 3.45.